The van der Waals surface area contributed by atoms with Crippen LogP contribution in [0.2, 0.25) is 5.02 Å². The zero-order chi connectivity index (χ0) is 26.8. The van der Waals surface area contributed by atoms with Crippen LogP contribution in [0.3, 0.4) is 0 Å². The molecule has 0 aromatic heterocycles. The van der Waals surface area contributed by atoms with Crippen molar-refractivity contribution in [3.05, 3.63) is 130 Å². The summed E-state index contributed by atoms with van der Waals surface area (Å²) in [6, 6.07) is 29.2. The first-order valence-electron chi connectivity index (χ1n) is 13.3. The second kappa shape index (κ2) is 11.0. The number of halogens is 1. The first-order chi connectivity index (χ1) is 19.1. The summed E-state index contributed by atoms with van der Waals surface area (Å²) in [5, 5.41) is 4.30. The highest BCUT2D eigenvalue weighted by molar-refractivity contribution is 6.32. The monoisotopic (exact) mass is 534 g/mol. The van der Waals surface area contributed by atoms with Gasteiger partial charge in [-0.15, -0.1) is 0 Å². The maximum atomic E-state index is 6.58. The molecule has 6 rings (SSSR count). The molecule has 0 saturated carbocycles. The molecular formula is C34H31ClN2O2. The van der Waals surface area contributed by atoms with E-state index in [1.165, 1.54) is 22.4 Å². The van der Waals surface area contributed by atoms with E-state index in [2.05, 4.69) is 66.9 Å². The van der Waals surface area contributed by atoms with Crippen molar-refractivity contribution in [2.24, 2.45) is 10.9 Å². The van der Waals surface area contributed by atoms with Gasteiger partial charge in [-0.05, 0) is 71.8 Å². The fraction of sp³-hybridized carbons (Fsp3) is 0.206. The molecule has 0 fully saturated rings. The number of nitrogens with zero attached hydrogens (tertiary/aromatic N) is 1. The Hall–Kier alpha value is -4.02. The van der Waals surface area contributed by atoms with Gasteiger partial charge >= 0.3 is 0 Å². The minimum Gasteiger partial charge on any atom is -0.493 e. The van der Waals surface area contributed by atoms with Crippen molar-refractivity contribution in [3.8, 4) is 11.5 Å². The molecule has 1 aliphatic carbocycles. The number of anilines is 1. The van der Waals surface area contributed by atoms with Crippen LogP contribution in [-0.4, -0.2) is 13.3 Å². The largest absolute Gasteiger partial charge is 0.493 e. The third kappa shape index (κ3) is 5.30. The van der Waals surface area contributed by atoms with Crippen molar-refractivity contribution in [1.29, 1.82) is 0 Å². The third-order valence-corrected chi connectivity index (χ3v) is 7.89. The number of aryl methyl sites for hydroxylation is 1. The average molecular weight is 535 g/mol. The molecule has 1 aliphatic heterocycles. The van der Waals surface area contributed by atoms with Crippen LogP contribution in [0.4, 0.5) is 11.4 Å². The standard InChI is InChI=1S/C34H31ClN2O2/c1-22-11-16-31-29(17-22)27-9-6-10-28(27)33(37-31)25-12-14-26(15-13-25)36-20-24-18-30(35)34(32(19-24)38-2)39-21-23-7-4-3-5-8-23/h3-9,11-20,27-28,33,37H,10,21H2,1-2H3/t27-,28+,33-/m0/s1. The molecule has 5 heteroatoms. The van der Waals surface area contributed by atoms with Crippen LogP contribution in [0.5, 0.6) is 11.5 Å². The number of benzene rings is 4. The van der Waals surface area contributed by atoms with Gasteiger partial charge in [0, 0.05) is 17.8 Å². The first kappa shape index (κ1) is 25.3. The SMILES string of the molecule is COc1cc(C=Nc2ccc([C@@H]3Nc4ccc(C)cc4[C@H]4C=CC[C@H]43)cc2)cc(Cl)c1OCc1ccccc1. The van der Waals surface area contributed by atoms with Gasteiger partial charge < -0.3 is 14.8 Å². The Morgan fingerprint density at radius 3 is 2.62 bits per heavy atom. The molecule has 4 aromatic carbocycles. The Balaban J connectivity index is 1.17. The van der Waals surface area contributed by atoms with E-state index in [0.717, 1.165) is 23.2 Å². The van der Waals surface area contributed by atoms with E-state index in [1.54, 1.807) is 13.3 Å². The molecule has 0 bridgehead atoms. The molecule has 4 nitrogen and oxygen atoms in total. The van der Waals surface area contributed by atoms with Crippen LogP contribution in [0, 0.1) is 12.8 Å². The molecule has 1 heterocycles. The number of methoxy groups -OCH3 is 1. The van der Waals surface area contributed by atoms with Crippen molar-refractivity contribution in [1.82, 2.24) is 0 Å². The first-order valence-corrected chi connectivity index (χ1v) is 13.7. The van der Waals surface area contributed by atoms with Gasteiger partial charge in [0.2, 0.25) is 0 Å². The van der Waals surface area contributed by atoms with Crippen LogP contribution in [0.1, 0.15) is 46.2 Å². The summed E-state index contributed by atoms with van der Waals surface area (Å²) in [6.07, 6.45) is 7.60. The summed E-state index contributed by atoms with van der Waals surface area (Å²) in [7, 11) is 1.62. The minimum atomic E-state index is 0.268. The fourth-order valence-corrected chi connectivity index (χ4v) is 5.92. The molecule has 0 saturated heterocycles. The number of hydrogen-bond donors (Lipinski definition) is 1. The van der Waals surface area contributed by atoms with E-state index in [1.807, 2.05) is 42.5 Å². The van der Waals surface area contributed by atoms with E-state index in [-0.39, 0.29) is 6.04 Å². The van der Waals surface area contributed by atoms with Crippen molar-refractivity contribution in [2.75, 3.05) is 12.4 Å². The Morgan fingerprint density at radius 1 is 1.00 bits per heavy atom. The van der Waals surface area contributed by atoms with E-state index < -0.39 is 0 Å². The minimum absolute atomic E-state index is 0.268. The van der Waals surface area contributed by atoms with Crippen molar-refractivity contribution in [2.45, 2.75) is 31.9 Å². The Kier molecular flexibility index (Phi) is 7.12. The lowest BCUT2D eigenvalue weighted by Gasteiger charge is -2.37. The average Bonchev–Trinajstić information content (AvgIpc) is 3.46. The normalized spacial score (nSPS) is 19.4. The van der Waals surface area contributed by atoms with Crippen molar-refractivity contribution < 1.29 is 9.47 Å². The van der Waals surface area contributed by atoms with Gasteiger partial charge in [0.1, 0.15) is 6.61 Å². The van der Waals surface area contributed by atoms with Crippen molar-refractivity contribution in [3.63, 3.8) is 0 Å². The molecule has 3 atom stereocenters. The summed E-state index contributed by atoms with van der Waals surface area (Å²) in [5.74, 6) is 2.09. The third-order valence-electron chi connectivity index (χ3n) is 7.61. The zero-order valence-corrected chi connectivity index (χ0v) is 22.9. The number of hydrogen-bond acceptors (Lipinski definition) is 4. The molecule has 1 N–H and O–H groups in total. The van der Waals surface area contributed by atoms with Gasteiger partial charge in [-0.25, -0.2) is 0 Å². The number of rotatable bonds is 7. The van der Waals surface area contributed by atoms with Crippen LogP contribution < -0.4 is 14.8 Å². The van der Waals surface area contributed by atoms with Gasteiger partial charge in [0.05, 0.1) is 23.9 Å². The summed E-state index contributed by atoms with van der Waals surface area (Å²) in [6.45, 7) is 2.58. The zero-order valence-electron chi connectivity index (χ0n) is 22.1. The maximum Gasteiger partial charge on any atom is 0.180 e. The number of ether oxygens (including phenoxy) is 2. The predicted octanol–water partition coefficient (Wildman–Crippen LogP) is 8.81. The number of fused-ring (bicyclic) bond motifs is 3. The molecular weight excluding hydrogens is 504 g/mol. The van der Waals surface area contributed by atoms with Gasteiger partial charge in [-0.3, -0.25) is 4.99 Å². The number of aliphatic imine (C=N–C) groups is 1. The van der Waals surface area contributed by atoms with Gasteiger partial charge in [0.25, 0.3) is 0 Å². The quantitative estimate of drug-likeness (QED) is 0.190. The van der Waals surface area contributed by atoms with Crippen LogP contribution >= 0.6 is 11.6 Å². The van der Waals surface area contributed by atoms with Gasteiger partial charge in [-0.1, -0.05) is 83.9 Å². The van der Waals surface area contributed by atoms with Crippen molar-refractivity contribution >= 4 is 29.2 Å². The molecule has 0 radical (unpaired) electrons. The highest BCUT2D eigenvalue weighted by atomic mass is 35.5. The van der Waals surface area contributed by atoms with Crippen LogP contribution in [0.15, 0.2) is 102 Å². The Morgan fingerprint density at radius 2 is 1.82 bits per heavy atom. The molecule has 0 unspecified atom stereocenters. The lowest BCUT2D eigenvalue weighted by atomic mass is 9.76. The lowest BCUT2D eigenvalue weighted by Crippen LogP contribution is -2.29. The molecule has 2 aliphatic rings. The van der Waals surface area contributed by atoms with Gasteiger partial charge in [0.15, 0.2) is 11.5 Å². The second-order valence-corrected chi connectivity index (χ2v) is 10.6. The van der Waals surface area contributed by atoms with E-state index in [0.29, 0.717) is 35.0 Å². The summed E-state index contributed by atoms with van der Waals surface area (Å²) >= 11 is 6.58. The fourth-order valence-electron chi connectivity index (χ4n) is 5.64. The highest BCUT2D eigenvalue weighted by Crippen LogP contribution is 2.50. The molecule has 4 aromatic rings. The van der Waals surface area contributed by atoms with Crippen LogP contribution in [0.25, 0.3) is 0 Å². The predicted molar refractivity (Wildman–Crippen MR) is 160 cm³/mol. The smallest absolute Gasteiger partial charge is 0.180 e. The molecule has 196 valence electrons. The highest BCUT2D eigenvalue weighted by Gasteiger charge is 2.37. The molecule has 0 spiro atoms. The lowest BCUT2D eigenvalue weighted by molar-refractivity contribution is 0.284. The second-order valence-electron chi connectivity index (χ2n) is 10.2. The maximum absolute atomic E-state index is 6.58. The van der Waals surface area contributed by atoms with E-state index in [9.17, 15) is 0 Å². The van der Waals surface area contributed by atoms with E-state index >= 15 is 0 Å². The summed E-state index contributed by atoms with van der Waals surface area (Å²) in [4.78, 5) is 4.70. The Bertz CT molecular complexity index is 1530. The van der Waals surface area contributed by atoms with Gasteiger partial charge in [-0.2, -0.15) is 0 Å². The Labute approximate surface area is 235 Å². The molecule has 39 heavy (non-hydrogen) atoms. The molecule has 0 amide bonds. The summed E-state index contributed by atoms with van der Waals surface area (Å²) in [5.41, 5.74) is 8.03. The van der Waals surface area contributed by atoms with Crippen LogP contribution in [-0.2, 0) is 6.61 Å². The van der Waals surface area contributed by atoms with E-state index in [4.69, 9.17) is 26.1 Å². The summed E-state index contributed by atoms with van der Waals surface area (Å²) < 4.78 is 11.6. The number of nitrogens with one attached hydrogen (secondary N) is 1. The number of allylic oxidation sites excluding steroid dienone is 2. The topological polar surface area (TPSA) is 42.8 Å².